The lowest BCUT2D eigenvalue weighted by Crippen LogP contribution is -2.50. The quantitative estimate of drug-likeness (QED) is 0.143. The molecule has 2 aliphatic rings. The number of piperazine rings is 2. The molecule has 0 spiro atoms. The number of benzene rings is 2. The fraction of sp³-hybridized carbons (Fsp3) is 0.390. The van der Waals surface area contributed by atoms with Crippen molar-refractivity contribution in [3.63, 3.8) is 0 Å². The lowest BCUT2D eigenvalue weighted by molar-refractivity contribution is 0.0240. The van der Waals surface area contributed by atoms with Crippen LogP contribution in [-0.4, -0.2) is 106 Å². The molecule has 6 N–H and O–H groups in total. The Bertz CT molecular complexity index is 2160. The number of anilines is 2. The fourth-order valence-corrected chi connectivity index (χ4v) is 6.76. The Morgan fingerprint density at radius 1 is 0.714 bits per heavy atom. The van der Waals surface area contributed by atoms with E-state index in [2.05, 4.69) is 25.1 Å². The maximum atomic E-state index is 12.2. The number of hydrogen-bond acceptors (Lipinski definition) is 10. The van der Waals surface area contributed by atoms with Gasteiger partial charge in [-0.25, -0.2) is 14.4 Å². The molecule has 4 aromatic rings. The van der Waals surface area contributed by atoms with Crippen molar-refractivity contribution < 1.29 is 34.4 Å². The highest BCUT2D eigenvalue weighted by Crippen LogP contribution is 2.31. The number of ether oxygens (including phenoxy) is 1. The van der Waals surface area contributed by atoms with Gasteiger partial charge in [0.15, 0.2) is 5.56 Å². The zero-order valence-electron chi connectivity index (χ0n) is 32.4. The van der Waals surface area contributed by atoms with E-state index in [0.717, 1.165) is 48.7 Å². The van der Waals surface area contributed by atoms with Gasteiger partial charge in [-0.15, -0.1) is 0 Å². The first-order chi connectivity index (χ1) is 26.6. The molecule has 0 bridgehead atoms. The molecule has 56 heavy (non-hydrogen) atoms. The first kappa shape index (κ1) is 41.1. The number of aromatic hydroxyl groups is 1. The molecule has 2 aromatic heterocycles. The first-order valence-electron chi connectivity index (χ1n) is 18.7. The van der Waals surface area contributed by atoms with Crippen LogP contribution < -0.4 is 26.2 Å². The molecule has 2 aliphatic heterocycles. The smallest absolute Gasteiger partial charge is 0.410 e. The fourth-order valence-electron chi connectivity index (χ4n) is 6.76. The normalized spacial score (nSPS) is 14.5. The summed E-state index contributed by atoms with van der Waals surface area (Å²) >= 11 is 0. The minimum Gasteiger partial charge on any atom is -0.506 e. The van der Waals surface area contributed by atoms with E-state index in [-0.39, 0.29) is 11.7 Å². The van der Waals surface area contributed by atoms with Crippen molar-refractivity contribution in [1.82, 2.24) is 20.2 Å². The van der Waals surface area contributed by atoms with Gasteiger partial charge in [0.1, 0.15) is 16.9 Å². The number of carboxylic acid groups (broad SMARTS) is 2. The number of aryl methyl sites for hydroxylation is 1. The number of nitrogens with zero attached hydrogens (tertiary/aromatic N) is 3. The number of carbonyl (C=O) groups excluding carboxylic acids is 1. The van der Waals surface area contributed by atoms with Crippen LogP contribution in [0.25, 0.3) is 22.5 Å². The second-order valence-electron chi connectivity index (χ2n) is 14.5. The number of carboxylic acids is 2. The maximum absolute atomic E-state index is 12.2. The highest BCUT2D eigenvalue weighted by molar-refractivity contribution is 5.92. The van der Waals surface area contributed by atoms with Gasteiger partial charge in [0.05, 0.1) is 11.4 Å². The first-order valence-corrected chi connectivity index (χ1v) is 18.7. The largest absolute Gasteiger partial charge is 0.506 e. The molecule has 0 unspecified atom stereocenters. The molecule has 0 radical (unpaired) electrons. The van der Waals surface area contributed by atoms with Crippen molar-refractivity contribution in [2.24, 2.45) is 0 Å². The van der Waals surface area contributed by atoms with Crippen molar-refractivity contribution >= 4 is 29.4 Å². The third kappa shape index (κ3) is 9.58. The number of rotatable bonds is 8. The Balaban J connectivity index is 0.000000223. The molecule has 6 rings (SSSR count). The highest BCUT2D eigenvalue weighted by atomic mass is 16.6. The highest BCUT2D eigenvalue weighted by Gasteiger charge is 2.27. The van der Waals surface area contributed by atoms with Gasteiger partial charge in [0.25, 0.3) is 11.1 Å². The number of pyridine rings is 2. The van der Waals surface area contributed by atoms with Crippen LogP contribution in [0.2, 0.25) is 0 Å². The molecular formula is C41H50N6O9. The minimum absolute atomic E-state index is 0.215. The number of aromatic amines is 2. The van der Waals surface area contributed by atoms with Gasteiger partial charge >= 0.3 is 18.0 Å². The van der Waals surface area contributed by atoms with Gasteiger partial charge in [-0.2, -0.15) is 0 Å². The summed E-state index contributed by atoms with van der Waals surface area (Å²) in [6.45, 7) is 15.6. The minimum atomic E-state index is -1.47. The molecule has 1 amide bonds. The molecule has 2 saturated heterocycles. The van der Waals surface area contributed by atoms with Gasteiger partial charge in [-0.1, -0.05) is 38.1 Å². The standard InChI is InChI=1S/C23H29N3O6.C18H21N3O3/c1-5-16-18(24-20(28)17(19(16)27)21(29)30)14-6-8-15(9-7-14)25-10-12-26(13-11-25)22(31)32-23(2,3)4;1-2-12-11-15(18(23)24)17(22)20-16(12)13-3-5-14(6-4-13)21-9-7-19-8-10-21/h6-9H,5,10-13H2,1-4H3,(H,29,30)(H2,24,27,28);3-6,11,19H,2,7-10H2,1H3,(H,20,22)(H,23,24). The summed E-state index contributed by atoms with van der Waals surface area (Å²) in [6.07, 6.45) is 0.687. The van der Waals surface area contributed by atoms with Gasteiger partial charge < -0.3 is 50.0 Å². The molecule has 2 fully saturated rings. The predicted octanol–water partition coefficient (Wildman–Crippen LogP) is 4.78. The number of H-pyrrole nitrogens is 2. The zero-order valence-corrected chi connectivity index (χ0v) is 32.4. The summed E-state index contributed by atoms with van der Waals surface area (Å²) in [7, 11) is 0. The van der Waals surface area contributed by atoms with Crippen molar-refractivity contribution in [1.29, 1.82) is 0 Å². The Labute approximate surface area is 324 Å². The lowest BCUT2D eigenvalue weighted by atomic mass is 10.00. The maximum Gasteiger partial charge on any atom is 0.410 e. The van der Waals surface area contributed by atoms with Crippen molar-refractivity contribution in [3.8, 4) is 28.3 Å². The Morgan fingerprint density at radius 3 is 1.71 bits per heavy atom. The van der Waals surface area contributed by atoms with Crippen molar-refractivity contribution in [2.75, 3.05) is 62.2 Å². The van der Waals surface area contributed by atoms with Crippen LogP contribution in [-0.2, 0) is 17.6 Å². The third-order valence-corrected chi connectivity index (χ3v) is 9.68. The van der Waals surface area contributed by atoms with Crippen LogP contribution in [0.3, 0.4) is 0 Å². The molecule has 0 aliphatic carbocycles. The Morgan fingerprint density at radius 2 is 1.23 bits per heavy atom. The van der Waals surface area contributed by atoms with Crippen LogP contribution in [0.15, 0.2) is 64.2 Å². The molecule has 2 aromatic carbocycles. The van der Waals surface area contributed by atoms with E-state index in [9.17, 15) is 34.2 Å². The number of amides is 1. The molecule has 0 atom stereocenters. The Kier molecular flexibility index (Phi) is 12.9. The molecule has 298 valence electrons. The van der Waals surface area contributed by atoms with E-state index in [1.165, 1.54) is 6.07 Å². The van der Waals surface area contributed by atoms with Gasteiger partial charge in [0, 0.05) is 69.3 Å². The topological polar surface area (TPSA) is 209 Å². The second-order valence-corrected chi connectivity index (χ2v) is 14.5. The Hall–Kier alpha value is -6.09. The van der Waals surface area contributed by atoms with Crippen molar-refractivity contribution in [2.45, 2.75) is 53.1 Å². The van der Waals surface area contributed by atoms with Crippen LogP contribution in [0.4, 0.5) is 16.2 Å². The van der Waals surface area contributed by atoms with Gasteiger partial charge in [0.2, 0.25) is 0 Å². The number of nitrogens with one attached hydrogen (secondary N) is 3. The van der Waals surface area contributed by atoms with E-state index < -0.39 is 40.0 Å². The predicted molar refractivity (Wildman–Crippen MR) is 214 cm³/mol. The second kappa shape index (κ2) is 17.6. The van der Waals surface area contributed by atoms with Gasteiger partial charge in [-0.05, 0) is 80.6 Å². The number of hydrogen-bond donors (Lipinski definition) is 6. The zero-order chi connectivity index (χ0) is 40.7. The summed E-state index contributed by atoms with van der Waals surface area (Å²) in [5, 5.41) is 32.0. The molecular weight excluding hydrogens is 720 g/mol. The summed E-state index contributed by atoms with van der Waals surface area (Å²) in [6, 6.07) is 17.0. The SMILES string of the molecule is CCc1c(-c2ccc(N3CCN(C(=O)OC(C)(C)C)CC3)cc2)[nH]c(=O)c(C(=O)O)c1O.CCc1cc(C(=O)O)c(=O)[nH]c1-c1ccc(N2CCNCC2)cc1. The van der Waals surface area contributed by atoms with E-state index in [4.69, 9.17) is 9.84 Å². The molecule has 0 saturated carbocycles. The van der Waals surface area contributed by atoms with Crippen LogP contribution in [0.1, 0.15) is 66.5 Å². The van der Waals surface area contributed by atoms with E-state index in [1.54, 1.807) is 11.8 Å². The summed E-state index contributed by atoms with van der Waals surface area (Å²) in [5.74, 6) is -3.17. The van der Waals surface area contributed by atoms with Crippen LogP contribution in [0.5, 0.6) is 5.75 Å². The summed E-state index contributed by atoms with van der Waals surface area (Å²) in [5.41, 5.74) is 3.17. The lowest BCUT2D eigenvalue weighted by Gasteiger charge is -2.36. The summed E-state index contributed by atoms with van der Waals surface area (Å²) in [4.78, 5) is 70.3. The monoisotopic (exact) mass is 770 g/mol. The molecule has 15 nitrogen and oxygen atoms in total. The van der Waals surface area contributed by atoms with E-state index in [1.807, 2.05) is 76.2 Å². The van der Waals surface area contributed by atoms with E-state index >= 15 is 0 Å². The number of aromatic nitrogens is 2. The average Bonchev–Trinajstić information content (AvgIpc) is 3.17. The molecule has 15 heteroatoms. The van der Waals surface area contributed by atoms with Crippen LogP contribution >= 0.6 is 0 Å². The number of carbonyl (C=O) groups is 3. The average molecular weight is 771 g/mol. The van der Waals surface area contributed by atoms with E-state index in [0.29, 0.717) is 61.5 Å². The van der Waals surface area contributed by atoms with Crippen molar-refractivity contribution in [3.05, 3.63) is 97.6 Å². The number of aromatic carboxylic acids is 2. The summed E-state index contributed by atoms with van der Waals surface area (Å²) < 4.78 is 5.43. The van der Waals surface area contributed by atoms with Crippen LogP contribution in [0, 0.1) is 0 Å². The molecule has 4 heterocycles. The third-order valence-electron chi connectivity index (χ3n) is 9.68. The van der Waals surface area contributed by atoms with Gasteiger partial charge in [-0.3, -0.25) is 9.59 Å².